The monoisotopic (exact) mass is 283 g/mol. The maximum atomic E-state index is 9.59. The highest BCUT2D eigenvalue weighted by atomic mass is 32.1. The first-order valence-electron chi connectivity index (χ1n) is 6.92. The van der Waals surface area contributed by atoms with E-state index in [-0.39, 0.29) is 12.1 Å². The number of nitrogens with one attached hydrogen (secondary N) is 1. The van der Waals surface area contributed by atoms with Crippen molar-refractivity contribution >= 4 is 16.5 Å². The number of hydrogen-bond donors (Lipinski definition) is 2. The number of aromatic nitrogens is 1. The fourth-order valence-corrected chi connectivity index (χ4v) is 3.61. The van der Waals surface area contributed by atoms with Gasteiger partial charge in [-0.15, -0.1) is 11.3 Å². The van der Waals surface area contributed by atoms with Gasteiger partial charge in [-0.1, -0.05) is 0 Å². The number of hydrogen-bond acceptors (Lipinski definition) is 6. The van der Waals surface area contributed by atoms with E-state index in [0.29, 0.717) is 12.6 Å². The van der Waals surface area contributed by atoms with Crippen LogP contribution in [-0.4, -0.2) is 54.6 Å². The highest BCUT2D eigenvalue weighted by Crippen LogP contribution is 2.25. The van der Waals surface area contributed by atoms with E-state index in [1.54, 1.807) is 11.3 Å². The van der Waals surface area contributed by atoms with Gasteiger partial charge in [-0.3, -0.25) is 0 Å². The molecule has 2 N–H and O–H groups in total. The first-order chi connectivity index (χ1) is 9.31. The lowest BCUT2D eigenvalue weighted by atomic mass is 9.95. The third-order valence-corrected chi connectivity index (χ3v) is 4.93. The van der Waals surface area contributed by atoms with Crippen LogP contribution in [0.1, 0.15) is 19.3 Å². The predicted molar refractivity (Wildman–Crippen MR) is 75.7 cm³/mol. The summed E-state index contributed by atoms with van der Waals surface area (Å²) in [4.78, 5) is 6.71. The summed E-state index contributed by atoms with van der Waals surface area (Å²) in [5, 5.41) is 16.4. The maximum Gasteiger partial charge on any atom is 0.185 e. The first-order valence-corrected chi connectivity index (χ1v) is 7.80. The van der Waals surface area contributed by atoms with Crippen LogP contribution in [-0.2, 0) is 4.74 Å². The van der Waals surface area contributed by atoms with Crippen LogP contribution >= 0.6 is 11.3 Å². The Morgan fingerprint density at radius 3 is 2.95 bits per heavy atom. The number of aliphatic hydroxyl groups excluding tert-OH is 1. The van der Waals surface area contributed by atoms with Gasteiger partial charge < -0.3 is 20.1 Å². The largest absolute Gasteiger partial charge is 0.394 e. The lowest BCUT2D eigenvalue weighted by molar-refractivity contribution is 0.109. The Kier molecular flexibility index (Phi) is 4.02. The summed E-state index contributed by atoms with van der Waals surface area (Å²) in [5.74, 6) is 0. The third kappa shape index (κ3) is 2.91. The molecule has 5 nitrogen and oxygen atoms in total. The van der Waals surface area contributed by atoms with Gasteiger partial charge in [-0.05, 0) is 19.3 Å². The Hall–Kier alpha value is -0.690. The van der Waals surface area contributed by atoms with Gasteiger partial charge in [0.25, 0.3) is 0 Å². The lowest BCUT2D eigenvalue weighted by Gasteiger charge is -2.37. The van der Waals surface area contributed by atoms with Crippen LogP contribution in [0.5, 0.6) is 0 Å². The molecule has 2 aliphatic rings. The van der Waals surface area contributed by atoms with Gasteiger partial charge >= 0.3 is 0 Å². The zero-order valence-corrected chi connectivity index (χ0v) is 11.9. The van der Waals surface area contributed by atoms with E-state index < -0.39 is 0 Å². The summed E-state index contributed by atoms with van der Waals surface area (Å²) in [6, 6.07) is 0.477. The summed E-state index contributed by atoms with van der Waals surface area (Å²) in [6.45, 7) is 3.63. The van der Waals surface area contributed by atoms with Crippen molar-refractivity contribution < 1.29 is 9.84 Å². The van der Waals surface area contributed by atoms with Crippen molar-refractivity contribution in [3.05, 3.63) is 11.6 Å². The Balaban J connectivity index is 1.53. The van der Waals surface area contributed by atoms with Crippen molar-refractivity contribution in [1.29, 1.82) is 0 Å². The van der Waals surface area contributed by atoms with Crippen LogP contribution in [0.4, 0.5) is 5.13 Å². The predicted octanol–water partition coefficient (Wildman–Crippen LogP) is 0.853. The number of anilines is 1. The van der Waals surface area contributed by atoms with Gasteiger partial charge in [0.1, 0.15) is 0 Å². The lowest BCUT2D eigenvalue weighted by Crippen LogP contribution is -2.56. The molecule has 0 radical (unpaired) electrons. The zero-order chi connectivity index (χ0) is 13.1. The Bertz CT molecular complexity index is 385. The highest BCUT2D eigenvalue weighted by molar-refractivity contribution is 7.13. The van der Waals surface area contributed by atoms with Crippen LogP contribution in [0.2, 0.25) is 0 Å². The second-order valence-corrected chi connectivity index (χ2v) is 6.33. The summed E-state index contributed by atoms with van der Waals surface area (Å²) in [7, 11) is 0. The van der Waals surface area contributed by atoms with Gasteiger partial charge in [0.2, 0.25) is 0 Å². The summed E-state index contributed by atoms with van der Waals surface area (Å²) in [6.07, 6.45) is 4.97. The fraction of sp³-hybridized carbons (Fsp3) is 0.769. The quantitative estimate of drug-likeness (QED) is 0.858. The molecule has 1 aromatic heterocycles. The van der Waals surface area contributed by atoms with Crippen molar-refractivity contribution in [2.24, 2.45) is 0 Å². The van der Waals surface area contributed by atoms with Crippen LogP contribution in [0.25, 0.3) is 0 Å². The van der Waals surface area contributed by atoms with E-state index >= 15 is 0 Å². The molecule has 0 saturated carbocycles. The van der Waals surface area contributed by atoms with E-state index in [9.17, 15) is 5.11 Å². The molecule has 1 aromatic rings. The van der Waals surface area contributed by atoms with Gasteiger partial charge in [0, 0.05) is 37.3 Å². The normalized spacial score (nSPS) is 29.0. The molecule has 6 heteroatoms. The number of piperidine rings is 1. The summed E-state index contributed by atoms with van der Waals surface area (Å²) >= 11 is 1.70. The minimum atomic E-state index is -0.200. The van der Waals surface area contributed by atoms with E-state index in [2.05, 4.69) is 15.2 Å². The smallest absolute Gasteiger partial charge is 0.185 e. The second kappa shape index (κ2) is 5.75. The van der Waals surface area contributed by atoms with Crippen LogP contribution in [0, 0.1) is 0 Å². The molecular formula is C13H21N3O2S. The first kappa shape index (κ1) is 13.3. The molecule has 0 spiro atoms. The molecule has 0 bridgehead atoms. The topological polar surface area (TPSA) is 57.6 Å². The van der Waals surface area contributed by atoms with E-state index in [1.807, 2.05) is 11.6 Å². The molecule has 106 valence electrons. The van der Waals surface area contributed by atoms with Gasteiger partial charge in [-0.2, -0.15) is 0 Å². The van der Waals surface area contributed by atoms with Crippen molar-refractivity contribution in [2.75, 3.05) is 37.8 Å². The molecule has 0 aromatic carbocycles. The molecule has 19 heavy (non-hydrogen) atoms. The minimum absolute atomic E-state index is 0.166. The van der Waals surface area contributed by atoms with E-state index in [4.69, 9.17) is 4.74 Å². The molecule has 2 saturated heterocycles. The average Bonchev–Trinajstić information content (AvgIpc) is 3.11. The minimum Gasteiger partial charge on any atom is -0.394 e. The molecule has 2 aliphatic heterocycles. The number of nitrogens with zero attached hydrogens (tertiary/aromatic N) is 2. The average molecular weight is 283 g/mol. The number of aliphatic hydroxyl groups is 1. The van der Waals surface area contributed by atoms with Crippen LogP contribution in [0.15, 0.2) is 11.6 Å². The van der Waals surface area contributed by atoms with Crippen molar-refractivity contribution in [3.8, 4) is 0 Å². The fourth-order valence-electron chi connectivity index (χ4n) is 2.91. The van der Waals surface area contributed by atoms with Gasteiger partial charge in [0.05, 0.1) is 18.8 Å². The van der Waals surface area contributed by atoms with Crippen molar-refractivity contribution in [1.82, 2.24) is 10.3 Å². The van der Waals surface area contributed by atoms with Gasteiger partial charge in [-0.25, -0.2) is 4.98 Å². The van der Waals surface area contributed by atoms with E-state index in [0.717, 1.165) is 44.1 Å². The van der Waals surface area contributed by atoms with Crippen LogP contribution < -0.4 is 10.2 Å². The Labute approximate surface area is 117 Å². The SMILES string of the molecule is OC[C@]1(NC2CCN(c3nccs3)CC2)CCOC1. The zero-order valence-electron chi connectivity index (χ0n) is 11.0. The molecule has 1 atom stereocenters. The molecule has 0 unspecified atom stereocenters. The standard InChI is InChI=1S/C13H21N3O2S/c17-9-13(3-7-18-10-13)15-11-1-5-16(6-2-11)12-14-4-8-19-12/h4,8,11,15,17H,1-3,5-7,9-10H2/t13-/m1/s1. The number of ether oxygens (including phenoxy) is 1. The molecule has 0 amide bonds. The highest BCUT2D eigenvalue weighted by Gasteiger charge is 2.36. The van der Waals surface area contributed by atoms with Crippen LogP contribution in [0.3, 0.4) is 0 Å². The molecule has 3 rings (SSSR count). The number of rotatable bonds is 4. The molecular weight excluding hydrogens is 262 g/mol. The van der Waals surface area contributed by atoms with Crippen molar-refractivity contribution in [2.45, 2.75) is 30.8 Å². The Morgan fingerprint density at radius 2 is 2.37 bits per heavy atom. The summed E-state index contributed by atoms with van der Waals surface area (Å²) in [5.41, 5.74) is -0.200. The Morgan fingerprint density at radius 1 is 1.53 bits per heavy atom. The number of thiazole rings is 1. The van der Waals surface area contributed by atoms with Crippen molar-refractivity contribution in [3.63, 3.8) is 0 Å². The third-order valence-electron chi connectivity index (χ3n) is 4.10. The molecule has 0 aliphatic carbocycles. The molecule has 3 heterocycles. The molecule has 2 fully saturated rings. The summed E-state index contributed by atoms with van der Waals surface area (Å²) < 4.78 is 5.43. The van der Waals surface area contributed by atoms with Gasteiger partial charge in [0.15, 0.2) is 5.13 Å². The second-order valence-electron chi connectivity index (χ2n) is 5.46. The maximum absolute atomic E-state index is 9.59. The van der Waals surface area contributed by atoms with E-state index in [1.165, 1.54) is 0 Å².